The highest BCUT2D eigenvalue weighted by Crippen LogP contribution is 2.19. The van der Waals surface area contributed by atoms with Crippen LogP contribution in [0.1, 0.15) is 24.8 Å². The van der Waals surface area contributed by atoms with Gasteiger partial charge in [-0.1, -0.05) is 11.8 Å². The largest absolute Gasteiger partial charge is 0.395 e. The molecule has 2 N–H and O–H groups in total. The number of benzene rings is 1. The average Bonchev–Trinajstić information content (AvgIpc) is 2.96. The summed E-state index contributed by atoms with van der Waals surface area (Å²) in [5.74, 6) is 4.80. The molecule has 1 fully saturated rings. The van der Waals surface area contributed by atoms with Crippen molar-refractivity contribution in [1.29, 1.82) is 0 Å². The van der Waals surface area contributed by atoms with Gasteiger partial charge in [0.2, 0.25) is 0 Å². The molecule has 0 radical (unpaired) electrons. The Morgan fingerprint density at radius 1 is 1.55 bits per heavy atom. The van der Waals surface area contributed by atoms with E-state index in [1.54, 1.807) is 0 Å². The van der Waals surface area contributed by atoms with E-state index in [1.165, 1.54) is 18.2 Å². The van der Waals surface area contributed by atoms with Crippen molar-refractivity contribution in [2.75, 3.05) is 18.5 Å². The Balaban J connectivity index is 2.14. The van der Waals surface area contributed by atoms with E-state index in [0.29, 0.717) is 30.7 Å². The Morgan fingerprint density at radius 2 is 2.40 bits per heavy atom. The second-order valence-corrected chi connectivity index (χ2v) is 4.46. The zero-order chi connectivity index (χ0) is 14.4. The van der Waals surface area contributed by atoms with Gasteiger partial charge in [-0.3, -0.25) is 4.79 Å². The number of carbonyl (C=O) groups is 1. The number of halogens is 1. The van der Waals surface area contributed by atoms with Gasteiger partial charge in [0, 0.05) is 13.0 Å². The van der Waals surface area contributed by atoms with Gasteiger partial charge in [-0.25, -0.2) is 4.39 Å². The van der Waals surface area contributed by atoms with Gasteiger partial charge in [-0.2, -0.15) is 0 Å². The first kappa shape index (κ1) is 14.5. The zero-order valence-electron chi connectivity index (χ0n) is 11.0. The number of amides is 1. The number of anilines is 1. The van der Waals surface area contributed by atoms with E-state index in [1.807, 2.05) is 0 Å². The van der Waals surface area contributed by atoms with Crippen LogP contribution in [-0.2, 0) is 9.53 Å². The molecule has 2 rings (SSSR count). The molecule has 1 amide bonds. The lowest BCUT2D eigenvalue weighted by Gasteiger charge is -2.11. The number of nitrogens with one attached hydrogen (secondary N) is 1. The quantitative estimate of drug-likeness (QED) is 0.826. The molecule has 1 aliphatic rings. The number of ether oxygens (including phenoxy) is 1. The summed E-state index contributed by atoms with van der Waals surface area (Å²) in [4.78, 5) is 12.0. The first-order valence-electron chi connectivity index (χ1n) is 6.52. The number of hydrogen-bond acceptors (Lipinski definition) is 3. The summed E-state index contributed by atoms with van der Waals surface area (Å²) in [6, 6.07) is 4.00. The van der Waals surface area contributed by atoms with E-state index in [4.69, 9.17) is 9.84 Å². The molecule has 0 bridgehead atoms. The van der Waals surface area contributed by atoms with Crippen LogP contribution in [0.15, 0.2) is 18.2 Å². The number of rotatable bonds is 3. The van der Waals surface area contributed by atoms with Crippen LogP contribution < -0.4 is 5.32 Å². The Morgan fingerprint density at radius 3 is 3.10 bits per heavy atom. The molecule has 1 aromatic carbocycles. The van der Waals surface area contributed by atoms with Crippen LogP contribution in [0.25, 0.3) is 0 Å². The fourth-order valence-electron chi connectivity index (χ4n) is 1.94. The van der Waals surface area contributed by atoms with Gasteiger partial charge in [0.05, 0.1) is 17.9 Å². The normalized spacial score (nSPS) is 17.4. The Bertz CT molecular complexity index is 542. The molecule has 1 atom stereocenters. The third kappa shape index (κ3) is 3.80. The number of aliphatic hydroxyl groups is 1. The van der Waals surface area contributed by atoms with Gasteiger partial charge in [-0.15, -0.1) is 0 Å². The van der Waals surface area contributed by atoms with Crippen LogP contribution in [-0.4, -0.2) is 30.3 Å². The van der Waals surface area contributed by atoms with Crippen LogP contribution in [0.2, 0.25) is 0 Å². The van der Waals surface area contributed by atoms with E-state index in [9.17, 15) is 9.18 Å². The zero-order valence-corrected chi connectivity index (χ0v) is 11.0. The van der Waals surface area contributed by atoms with Crippen molar-refractivity contribution in [1.82, 2.24) is 0 Å². The molecular weight excluding hydrogens is 261 g/mol. The Hall–Kier alpha value is -1.90. The molecule has 0 aromatic heterocycles. The lowest BCUT2D eigenvalue weighted by Crippen LogP contribution is -2.27. The molecule has 1 aliphatic heterocycles. The third-order valence-corrected chi connectivity index (χ3v) is 2.92. The maximum absolute atomic E-state index is 13.2. The van der Waals surface area contributed by atoms with Crippen molar-refractivity contribution in [3.8, 4) is 11.8 Å². The summed E-state index contributed by atoms with van der Waals surface area (Å²) in [7, 11) is 0. The fourth-order valence-corrected chi connectivity index (χ4v) is 1.94. The highest BCUT2D eigenvalue weighted by atomic mass is 19.1. The molecule has 0 aliphatic carbocycles. The first-order chi connectivity index (χ1) is 9.70. The summed E-state index contributed by atoms with van der Waals surface area (Å²) in [6.45, 7) is 0.532. The number of hydrogen-bond donors (Lipinski definition) is 2. The van der Waals surface area contributed by atoms with Gasteiger partial charge in [0.1, 0.15) is 11.9 Å². The number of aliphatic hydroxyl groups excluding tert-OH is 1. The molecular formula is C15H16FNO3. The van der Waals surface area contributed by atoms with Gasteiger partial charge in [-0.05, 0) is 31.0 Å². The summed E-state index contributed by atoms with van der Waals surface area (Å²) < 4.78 is 18.5. The molecule has 106 valence electrons. The molecule has 1 unspecified atom stereocenters. The van der Waals surface area contributed by atoms with Crippen LogP contribution in [0.4, 0.5) is 10.1 Å². The molecule has 1 aromatic rings. The monoisotopic (exact) mass is 277 g/mol. The van der Waals surface area contributed by atoms with Crippen LogP contribution in [0.3, 0.4) is 0 Å². The highest BCUT2D eigenvalue weighted by Gasteiger charge is 2.24. The molecule has 0 saturated carbocycles. The fraction of sp³-hybridized carbons (Fsp3) is 0.400. The predicted octanol–water partition coefficient (Wildman–Crippen LogP) is 1.68. The summed E-state index contributed by atoms with van der Waals surface area (Å²) in [5, 5.41) is 11.4. The topological polar surface area (TPSA) is 58.6 Å². The summed E-state index contributed by atoms with van der Waals surface area (Å²) in [5.41, 5.74) is 0.849. The van der Waals surface area contributed by atoms with Gasteiger partial charge in [0.15, 0.2) is 0 Å². The van der Waals surface area contributed by atoms with Crippen molar-refractivity contribution < 1.29 is 19.0 Å². The van der Waals surface area contributed by atoms with Crippen molar-refractivity contribution in [2.45, 2.75) is 25.4 Å². The average molecular weight is 277 g/mol. The molecule has 0 spiro atoms. The van der Waals surface area contributed by atoms with Crippen molar-refractivity contribution in [2.24, 2.45) is 0 Å². The molecule has 4 nitrogen and oxygen atoms in total. The SMILES string of the molecule is O=C(Nc1ccc(F)cc1C#CCCO)C1CCCO1. The minimum Gasteiger partial charge on any atom is -0.395 e. The van der Waals surface area contributed by atoms with Crippen molar-refractivity contribution >= 4 is 11.6 Å². The van der Waals surface area contributed by atoms with Crippen LogP contribution in [0, 0.1) is 17.7 Å². The van der Waals surface area contributed by atoms with E-state index in [0.717, 1.165) is 6.42 Å². The van der Waals surface area contributed by atoms with Crippen molar-refractivity contribution in [3.63, 3.8) is 0 Å². The molecule has 1 heterocycles. The molecule has 1 saturated heterocycles. The van der Waals surface area contributed by atoms with Gasteiger partial charge < -0.3 is 15.2 Å². The van der Waals surface area contributed by atoms with E-state index < -0.39 is 11.9 Å². The Labute approximate surface area is 116 Å². The first-order valence-corrected chi connectivity index (χ1v) is 6.52. The number of carbonyl (C=O) groups excluding carboxylic acids is 1. The highest BCUT2D eigenvalue weighted by molar-refractivity contribution is 5.95. The molecule has 20 heavy (non-hydrogen) atoms. The summed E-state index contributed by atoms with van der Waals surface area (Å²) in [6.07, 6.45) is 1.41. The van der Waals surface area contributed by atoms with Crippen LogP contribution >= 0.6 is 0 Å². The minimum absolute atomic E-state index is 0.0556. The second kappa shape index (κ2) is 7.04. The molecule has 5 heteroatoms. The van der Waals surface area contributed by atoms with Crippen molar-refractivity contribution in [3.05, 3.63) is 29.6 Å². The minimum atomic E-state index is -0.446. The van der Waals surface area contributed by atoms with E-state index >= 15 is 0 Å². The lowest BCUT2D eigenvalue weighted by atomic mass is 10.1. The van der Waals surface area contributed by atoms with Gasteiger partial charge >= 0.3 is 0 Å². The standard InChI is InChI=1S/C15H16FNO3/c16-12-6-7-13(11(10-12)4-1-2-8-18)17-15(19)14-5-3-9-20-14/h6-7,10,14,18H,2-3,5,8-9H2,(H,17,19). The van der Waals surface area contributed by atoms with Crippen LogP contribution in [0.5, 0.6) is 0 Å². The van der Waals surface area contributed by atoms with E-state index in [-0.39, 0.29) is 12.5 Å². The third-order valence-electron chi connectivity index (χ3n) is 2.92. The lowest BCUT2D eigenvalue weighted by molar-refractivity contribution is -0.124. The van der Waals surface area contributed by atoms with Gasteiger partial charge in [0.25, 0.3) is 5.91 Å². The smallest absolute Gasteiger partial charge is 0.253 e. The summed E-state index contributed by atoms with van der Waals surface area (Å²) >= 11 is 0. The second-order valence-electron chi connectivity index (χ2n) is 4.46. The van der Waals surface area contributed by atoms with E-state index in [2.05, 4.69) is 17.2 Å². The maximum Gasteiger partial charge on any atom is 0.253 e. The Kier molecular flexibility index (Phi) is 5.10. The maximum atomic E-state index is 13.2. The predicted molar refractivity (Wildman–Crippen MR) is 72.6 cm³/mol.